The van der Waals surface area contributed by atoms with Crippen LogP contribution in [0.1, 0.15) is 30.1 Å². The third-order valence-electron chi connectivity index (χ3n) is 3.82. The van der Waals surface area contributed by atoms with E-state index in [-0.39, 0.29) is 5.91 Å². The minimum absolute atomic E-state index is 0.0582. The number of likely N-dealkylation sites (tertiary alicyclic amines) is 1. The molecule has 0 N–H and O–H groups in total. The molecule has 2 fully saturated rings. The highest BCUT2D eigenvalue weighted by molar-refractivity contribution is 5.93. The highest BCUT2D eigenvalue weighted by Gasteiger charge is 2.38. The van der Waals surface area contributed by atoms with Gasteiger partial charge in [-0.1, -0.05) is 0 Å². The SMILES string of the molecule is C[C@H]1C[C@H]2CN(C(=O)c3ccnnc3)CC[C@H]2O1. The molecule has 0 aromatic carbocycles. The van der Waals surface area contributed by atoms with Crippen molar-refractivity contribution in [1.29, 1.82) is 0 Å². The summed E-state index contributed by atoms with van der Waals surface area (Å²) in [4.78, 5) is 14.2. The molecule has 1 aromatic rings. The maximum Gasteiger partial charge on any atom is 0.255 e. The second kappa shape index (κ2) is 4.65. The van der Waals surface area contributed by atoms with Crippen molar-refractivity contribution in [3.8, 4) is 0 Å². The fourth-order valence-corrected chi connectivity index (χ4v) is 2.98. The summed E-state index contributed by atoms with van der Waals surface area (Å²) >= 11 is 0. The van der Waals surface area contributed by atoms with Crippen LogP contribution in [-0.2, 0) is 4.74 Å². The second-order valence-corrected chi connectivity index (χ2v) is 5.15. The van der Waals surface area contributed by atoms with Gasteiger partial charge in [-0.2, -0.15) is 10.2 Å². The number of ether oxygens (including phenoxy) is 1. The van der Waals surface area contributed by atoms with Crippen molar-refractivity contribution in [2.45, 2.75) is 32.0 Å². The fourth-order valence-electron chi connectivity index (χ4n) is 2.98. The van der Waals surface area contributed by atoms with Gasteiger partial charge < -0.3 is 9.64 Å². The van der Waals surface area contributed by atoms with Gasteiger partial charge in [-0.25, -0.2) is 0 Å². The van der Waals surface area contributed by atoms with Crippen molar-refractivity contribution in [3.63, 3.8) is 0 Å². The smallest absolute Gasteiger partial charge is 0.255 e. The average Bonchev–Trinajstić information content (AvgIpc) is 2.78. The van der Waals surface area contributed by atoms with Gasteiger partial charge in [0.05, 0.1) is 30.2 Å². The molecule has 2 saturated heterocycles. The second-order valence-electron chi connectivity index (χ2n) is 5.15. The van der Waals surface area contributed by atoms with Gasteiger partial charge in [0.15, 0.2) is 0 Å². The first kappa shape index (κ1) is 11.6. The normalized spacial score (nSPS) is 31.2. The van der Waals surface area contributed by atoms with Crippen LogP contribution in [-0.4, -0.2) is 46.3 Å². The van der Waals surface area contributed by atoms with Gasteiger partial charge in [0.25, 0.3) is 5.91 Å². The van der Waals surface area contributed by atoms with Crippen molar-refractivity contribution >= 4 is 5.91 Å². The Morgan fingerprint density at radius 2 is 2.39 bits per heavy atom. The molecule has 1 amide bonds. The van der Waals surface area contributed by atoms with Gasteiger partial charge in [0.2, 0.25) is 0 Å². The molecule has 5 nitrogen and oxygen atoms in total. The van der Waals surface area contributed by atoms with E-state index in [1.165, 1.54) is 6.20 Å². The highest BCUT2D eigenvalue weighted by atomic mass is 16.5. The maximum atomic E-state index is 12.3. The summed E-state index contributed by atoms with van der Waals surface area (Å²) in [7, 11) is 0. The summed E-state index contributed by atoms with van der Waals surface area (Å²) < 4.78 is 5.84. The van der Waals surface area contributed by atoms with Gasteiger partial charge >= 0.3 is 0 Å². The van der Waals surface area contributed by atoms with Crippen molar-refractivity contribution in [3.05, 3.63) is 24.0 Å². The van der Waals surface area contributed by atoms with Crippen LogP contribution in [0.3, 0.4) is 0 Å². The molecule has 2 aliphatic rings. The van der Waals surface area contributed by atoms with E-state index in [4.69, 9.17) is 4.74 Å². The Kier molecular flexibility index (Phi) is 2.99. The van der Waals surface area contributed by atoms with Crippen LogP contribution in [0.25, 0.3) is 0 Å². The summed E-state index contributed by atoms with van der Waals surface area (Å²) in [5.41, 5.74) is 0.621. The zero-order valence-electron chi connectivity index (χ0n) is 10.5. The number of carbonyl (C=O) groups is 1. The predicted octanol–water partition coefficient (Wildman–Crippen LogP) is 1.12. The van der Waals surface area contributed by atoms with Crippen LogP contribution in [0.2, 0.25) is 0 Å². The first-order valence-electron chi connectivity index (χ1n) is 6.45. The molecule has 3 atom stereocenters. The van der Waals surface area contributed by atoms with Crippen LogP contribution in [0.4, 0.5) is 0 Å². The molecular weight excluding hydrogens is 230 g/mol. The Bertz CT molecular complexity index is 437. The van der Waals surface area contributed by atoms with Gasteiger partial charge in [0.1, 0.15) is 0 Å². The lowest BCUT2D eigenvalue weighted by atomic mass is 9.93. The third-order valence-corrected chi connectivity index (χ3v) is 3.82. The number of carbonyl (C=O) groups excluding carboxylic acids is 1. The Balaban J connectivity index is 1.70. The zero-order valence-corrected chi connectivity index (χ0v) is 10.5. The Morgan fingerprint density at radius 1 is 1.50 bits per heavy atom. The molecular formula is C13H17N3O2. The van der Waals surface area contributed by atoms with Crippen molar-refractivity contribution < 1.29 is 9.53 Å². The number of hydrogen-bond donors (Lipinski definition) is 0. The predicted molar refractivity (Wildman–Crippen MR) is 65.0 cm³/mol. The molecule has 3 heterocycles. The maximum absolute atomic E-state index is 12.3. The molecule has 1 aromatic heterocycles. The van der Waals surface area contributed by atoms with Gasteiger partial charge in [-0.05, 0) is 25.8 Å². The zero-order chi connectivity index (χ0) is 12.5. The highest BCUT2D eigenvalue weighted by Crippen LogP contribution is 2.32. The molecule has 3 rings (SSSR count). The summed E-state index contributed by atoms with van der Waals surface area (Å²) in [6.45, 7) is 3.68. The molecule has 2 aliphatic heterocycles. The van der Waals surface area contributed by atoms with Gasteiger partial charge in [-0.15, -0.1) is 0 Å². The number of nitrogens with zero attached hydrogens (tertiary/aromatic N) is 3. The van der Waals surface area contributed by atoms with Crippen LogP contribution < -0.4 is 0 Å². The topological polar surface area (TPSA) is 55.3 Å². The Hall–Kier alpha value is -1.49. The van der Waals surface area contributed by atoms with E-state index in [9.17, 15) is 4.79 Å². The molecule has 0 unspecified atom stereocenters. The lowest BCUT2D eigenvalue weighted by Gasteiger charge is -2.34. The lowest BCUT2D eigenvalue weighted by molar-refractivity contribution is 0.00863. The van der Waals surface area contributed by atoms with Crippen molar-refractivity contribution in [2.75, 3.05) is 13.1 Å². The van der Waals surface area contributed by atoms with E-state index < -0.39 is 0 Å². The number of piperidine rings is 1. The fraction of sp³-hybridized carbons (Fsp3) is 0.615. The van der Waals surface area contributed by atoms with E-state index in [0.717, 1.165) is 25.9 Å². The van der Waals surface area contributed by atoms with E-state index in [1.807, 2.05) is 4.90 Å². The van der Waals surface area contributed by atoms with E-state index in [1.54, 1.807) is 12.3 Å². The van der Waals surface area contributed by atoms with Crippen LogP contribution >= 0.6 is 0 Å². The summed E-state index contributed by atoms with van der Waals surface area (Å²) in [5.74, 6) is 0.551. The van der Waals surface area contributed by atoms with E-state index in [2.05, 4.69) is 17.1 Å². The minimum Gasteiger partial charge on any atom is -0.375 e. The Morgan fingerprint density at radius 3 is 3.17 bits per heavy atom. The van der Waals surface area contributed by atoms with E-state index >= 15 is 0 Å². The number of amides is 1. The van der Waals surface area contributed by atoms with E-state index in [0.29, 0.717) is 23.7 Å². The molecule has 0 aliphatic carbocycles. The largest absolute Gasteiger partial charge is 0.375 e. The first-order chi connectivity index (χ1) is 8.74. The monoisotopic (exact) mass is 247 g/mol. The summed E-state index contributed by atoms with van der Waals surface area (Å²) in [5, 5.41) is 7.45. The average molecular weight is 247 g/mol. The summed E-state index contributed by atoms with van der Waals surface area (Å²) in [6.07, 6.45) is 5.77. The molecule has 0 spiro atoms. The third kappa shape index (κ3) is 2.10. The van der Waals surface area contributed by atoms with Gasteiger partial charge in [-0.3, -0.25) is 4.79 Å². The molecule has 18 heavy (non-hydrogen) atoms. The lowest BCUT2D eigenvalue weighted by Crippen LogP contribution is -2.44. The van der Waals surface area contributed by atoms with Crippen LogP contribution in [0.5, 0.6) is 0 Å². The number of aromatic nitrogens is 2. The molecule has 0 radical (unpaired) electrons. The van der Waals surface area contributed by atoms with Crippen molar-refractivity contribution in [1.82, 2.24) is 15.1 Å². The summed E-state index contributed by atoms with van der Waals surface area (Å²) in [6, 6.07) is 1.72. The standard InChI is InChI=1S/C13H17N3O2/c1-9-6-11-8-16(5-3-12(11)18-9)13(17)10-2-4-14-15-7-10/h2,4,7,9,11-12H,3,5-6,8H2,1H3/t9-,11-,12+/m0/s1. The molecule has 0 bridgehead atoms. The Labute approximate surface area is 106 Å². The number of fused-ring (bicyclic) bond motifs is 1. The van der Waals surface area contributed by atoms with Crippen LogP contribution in [0, 0.1) is 5.92 Å². The van der Waals surface area contributed by atoms with Crippen LogP contribution in [0.15, 0.2) is 18.5 Å². The minimum atomic E-state index is 0.0582. The molecule has 0 saturated carbocycles. The number of rotatable bonds is 1. The molecule has 96 valence electrons. The van der Waals surface area contributed by atoms with Gasteiger partial charge in [0, 0.05) is 19.0 Å². The molecule has 5 heteroatoms. The van der Waals surface area contributed by atoms with Crippen molar-refractivity contribution in [2.24, 2.45) is 5.92 Å². The number of hydrogen-bond acceptors (Lipinski definition) is 4. The quantitative estimate of drug-likeness (QED) is 0.746. The first-order valence-corrected chi connectivity index (χ1v) is 6.45.